The van der Waals surface area contributed by atoms with Crippen LogP contribution in [0.3, 0.4) is 0 Å². The second kappa shape index (κ2) is 12.0. The second-order valence-corrected chi connectivity index (χ2v) is 7.48. The first-order valence-electron chi connectivity index (χ1n) is 9.41. The van der Waals surface area contributed by atoms with Crippen LogP contribution in [0.4, 0.5) is 9.39 Å². The van der Waals surface area contributed by atoms with Crippen molar-refractivity contribution in [2.24, 2.45) is 4.99 Å². The molecule has 0 radical (unpaired) electrons. The highest BCUT2D eigenvalue weighted by molar-refractivity contribution is 14.0. The maximum absolute atomic E-state index is 12.9. The van der Waals surface area contributed by atoms with Crippen molar-refractivity contribution in [3.63, 3.8) is 0 Å². The van der Waals surface area contributed by atoms with Crippen LogP contribution in [0.5, 0.6) is 0 Å². The Hall–Kier alpha value is -1.88. The molecule has 9 heteroatoms. The van der Waals surface area contributed by atoms with Crippen LogP contribution in [0.25, 0.3) is 0 Å². The summed E-state index contributed by atoms with van der Waals surface area (Å²) in [5.74, 6) is 0.488. The van der Waals surface area contributed by atoms with Crippen molar-refractivity contribution in [3.8, 4) is 0 Å². The van der Waals surface area contributed by atoms with Gasteiger partial charge in [0.2, 0.25) is 5.91 Å². The average molecular weight is 531 g/mol. The molecule has 1 fully saturated rings. The number of thiophene rings is 1. The normalized spacial score (nSPS) is 14.3. The number of benzene rings is 1. The van der Waals surface area contributed by atoms with E-state index in [-0.39, 0.29) is 42.1 Å². The van der Waals surface area contributed by atoms with Crippen LogP contribution >= 0.6 is 35.3 Å². The predicted octanol–water partition coefficient (Wildman–Crippen LogP) is 2.56. The summed E-state index contributed by atoms with van der Waals surface area (Å²) in [6.45, 7) is 4.87. The molecule has 1 aromatic heterocycles. The lowest BCUT2D eigenvalue weighted by Crippen LogP contribution is -2.53. The lowest BCUT2D eigenvalue weighted by molar-refractivity contribution is -0.120. The summed E-state index contributed by atoms with van der Waals surface area (Å²) in [5.41, 5.74) is 0.797. The zero-order valence-electron chi connectivity index (χ0n) is 16.4. The predicted molar refractivity (Wildman–Crippen MR) is 128 cm³/mol. The molecule has 2 N–H and O–H groups in total. The van der Waals surface area contributed by atoms with Gasteiger partial charge in [-0.2, -0.15) is 0 Å². The first kappa shape index (κ1) is 23.4. The Morgan fingerprint density at radius 2 is 1.79 bits per heavy atom. The largest absolute Gasteiger partial charge is 0.360 e. The number of amides is 1. The van der Waals surface area contributed by atoms with Gasteiger partial charge in [-0.3, -0.25) is 9.79 Å². The van der Waals surface area contributed by atoms with Gasteiger partial charge in [0.25, 0.3) is 0 Å². The molecule has 1 aromatic carbocycles. The van der Waals surface area contributed by atoms with Crippen LogP contribution in [-0.4, -0.2) is 63.1 Å². The molecule has 1 saturated heterocycles. The summed E-state index contributed by atoms with van der Waals surface area (Å²) in [6.07, 6.45) is 0.250. The molecule has 0 unspecified atom stereocenters. The van der Waals surface area contributed by atoms with Crippen LogP contribution in [0.15, 0.2) is 46.8 Å². The van der Waals surface area contributed by atoms with E-state index in [0.29, 0.717) is 13.1 Å². The summed E-state index contributed by atoms with van der Waals surface area (Å²) in [7, 11) is 1.78. The summed E-state index contributed by atoms with van der Waals surface area (Å²) in [6, 6.07) is 10.2. The number of guanidine groups is 1. The van der Waals surface area contributed by atoms with Crippen molar-refractivity contribution in [2.75, 3.05) is 51.2 Å². The Bertz CT molecular complexity index is 777. The first-order chi connectivity index (χ1) is 13.7. The van der Waals surface area contributed by atoms with E-state index in [1.807, 2.05) is 0 Å². The number of aliphatic imine (C=N–C) groups is 1. The highest BCUT2D eigenvalue weighted by atomic mass is 127. The minimum absolute atomic E-state index is 0. The SMILES string of the molecule is CN=C(NCCNC(=O)Cc1ccc(F)cc1)N1CCN(c2cccs2)CC1.I. The lowest BCUT2D eigenvalue weighted by atomic mass is 10.1. The maximum atomic E-state index is 12.9. The highest BCUT2D eigenvalue weighted by Crippen LogP contribution is 2.22. The van der Waals surface area contributed by atoms with Gasteiger partial charge in [-0.1, -0.05) is 12.1 Å². The van der Waals surface area contributed by atoms with Crippen LogP contribution in [0, 0.1) is 5.82 Å². The van der Waals surface area contributed by atoms with E-state index in [1.165, 1.54) is 17.1 Å². The lowest BCUT2D eigenvalue weighted by Gasteiger charge is -2.37. The highest BCUT2D eigenvalue weighted by Gasteiger charge is 2.20. The molecular formula is C20H27FIN5OS. The van der Waals surface area contributed by atoms with E-state index in [0.717, 1.165) is 37.7 Å². The Morgan fingerprint density at radius 3 is 2.41 bits per heavy atom. The number of hydrogen-bond acceptors (Lipinski definition) is 4. The topological polar surface area (TPSA) is 60.0 Å². The quantitative estimate of drug-likeness (QED) is 0.261. The van der Waals surface area contributed by atoms with E-state index in [1.54, 1.807) is 30.5 Å². The number of carbonyl (C=O) groups is 1. The average Bonchev–Trinajstić information content (AvgIpc) is 3.25. The molecule has 0 bridgehead atoms. The zero-order chi connectivity index (χ0) is 19.8. The summed E-state index contributed by atoms with van der Waals surface area (Å²) in [5, 5.41) is 9.60. The van der Waals surface area contributed by atoms with Gasteiger partial charge in [-0.15, -0.1) is 35.3 Å². The van der Waals surface area contributed by atoms with Crippen molar-refractivity contribution in [1.29, 1.82) is 0 Å². The summed E-state index contributed by atoms with van der Waals surface area (Å²) >= 11 is 1.77. The Balaban J connectivity index is 0.00000300. The molecule has 29 heavy (non-hydrogen) atoms. The fourth-order valence-corrected chi connectivity index (χ4v) is 3.93. The smallest absolute Gasteiger partial charge is 0.224 e. The number of hydrogen-bond donors (Lipinski definition) is 2. The van der Waals surface area contributed by atoms with Crippen molar-refractivity contribution in [1.82, 2.24) is 15.5 Å². The van der Waals surface area contributed by atoms with E-state index in [2.05, 4.69) is 42.9 Å². The van der Waals surface area contributed by atoms with Gasteiger partial charge in [0.15, 0.2) is 5.96 Å². The van der Waals surface area contributed by atoms with Crippen molar-refractivity contribution in [3.05, 3.63) is 53.2 Å². The van der Waals surface area contributed by atoms with E-state index < -0.39 is 0 Å². The molecule has 0 spiro atoms. The van der Waals surface area contributed by atoms with Crippen LogP contribution in [-0.2, 0) is 11.2 Å². The number of rotatable bonds is 6. The number of anilines is 1. The Kier molecular flexibility index (Phi) is 9.65. The number of halogens is 2. The molecule has 0 atom stereocenters. The third-order valence-corrected chi connectivity index (χ3v) is 5.55. The third-order valence-electron chi connectivity index (χ3n) is 4.62. The third kappa shape index (κ3) is 7.14. The molecule has 6 nitrogen and oxygen atoms in total. The molecule has 1 amide bonds. The van der Waals surface area contributed by atoms with E-state index >= 15 is 0 Å². The zero-order valence-corrected chi connectivity index (χ0v) is 19.6. The second-order valence-electron chi connectivity index (χ2n) is 6.55. The van der Waals surface area contributed by atoms with Gasteiger partial charge in [0.05, 0.1) is 11.4 Å². The Labute approximate surface area is 192 Å². The number of nitrogens with one attached hydrogen (secondary N) is 2. The summed E-state index contributed by atoms with van der Waals surface area (Å²) in [4.78, 5) is 21.0. The van der Waals surface area contributed by atoms with Gasteiger partial charge >= 0.3 is 0 Å². The van der Waals surface area contributed by atoms with Crippen LogP contribution in [0.2, 0.25) is 0 Å². The van der Waals surface area contributed by atoms with Gasteiger partial charge < -0.3 is 20.4 Å². The van der Waals surface area contributed by atoms with E-state index in [9.17, 15) is 9.18 Å². The molecule has 2 aromatic rings. The molecule has 158 valence electrons. The molecule has 2 heterocycles. The molecule has 1 aliphatic rings. The van der Waals surface area contributed by atoms with Gasteiger partial charge in [-0.25, -0.2) is 4.39 Å². The minimum atomic E-state index is -0.295. The monoisotopic (exact) mass is 531 g/mol. The molecule has 3 rings (SSSR count). The fraction of sp³-hybridized carbons (Fsp3) is 0.400. The minimum Gasteiger partial charge on any atom is -0.360 e. The summed E-state index contributed by atoms with van der Waals surface area (Å²) < 4.78 is 12.9. The van der Waals surface area contributed by atoms with Crippen LogP contribution in [0.1, 0.15) is 5.56 Å². The molecular weight excluding hydrogens is 504 g/mol. The number of carbonyl (C=O) groups excluding carboxylic acids is 1. The van der Waals surface area contributed by atoms with Crippen molar-refractivity contribution in [2.45, 2.75) is 6.42 Å². The van der Waals surface area contributed by atoms with Crippen molar-refractivity contribution >= 4 is 52.2 Å². The fourth-order valence-electron chi connectivity index (χ4n) is 3.15. The van der Waals surface area contributed by atoms with Gasteiger partial charge in [0, 0.05) is 46.3 Å². The maximum Gasteiger partial charge on any atom is 0.224 e. The Morgan fingerprint density at radius 1 is 1.10 bits per heavy atom. The number of piperazine rings is 1. The van der Waals surface area contributed by atoms with Crippen LogP contribution < -0.4 is 15.5 Å². The van der Waals surface area contributed by atoms with E-state index in [4.69, 9.17) is 0 Å². The van der Waals surface area contributed by atoms with Crippen molar-refractivity contribution < 1.29 is 9.18 Å². The molecule has 0 aliphatic carbocycles. The molecule has 1 aliphatic heterocycles. The van der Waals surface area contributed by atoms with Gasteiger partial charge in [-0.05, 0) is 35.2 Å². The number of nitrogens with zero attached hydrogens (tertiary/aromatic N) is 3. The standard InChI is InChI=1S/C20H26FN5OS.HI/c1-22-20(26-12-10-25(11-13-26)19-3-2-14-28-19)24-9-8-23-18(27)15-16-4-6-17(21)7-5-16;/h2-7,14H,8-13,15H2,1H3,(H,22,24)(H,23,27);1H. The van der Waals surface area contributed by atoms with Gasteiger partial charge in [0.1, 0.15) is 5.82 Å². The first-order valence-corrected chi connectivity index (χ1v) is 10.3. The molecule has 0 saturated carbocycles.